The number of ether oxygens (including phenoxy) is 1. The molecule has 0 fully saturated rings. The highest BCUT2D eigenvalue weighted by atomic mass is 32.2. The molecule has 1 unspecified atom stereocenters. The molecule has 1 aliphatic rings. The first-order chi connectivity index (χ1) is 11.8. The van der Waals surface area contributed by atoms with Crippen molar-refractivity contribution in [2.45, 2.75) is 18.9 Å². The van der Waals surface area contributed by atoms with Crippen LogP contribution in [0.5, 0.6) is 0 Å². The van der Waals surface area contributed by atoms with Crippen LogP contribution in [0.1, 0.15) is 23.5 Å². The smallest absolute Gasteiger partial charge is 0.312 e. The highest BCUT2D eigenvalue weighted by Crippen LogP contribution is 2.28. The van der Waals surface area contributed by atoms with Crippen LogP contribution in [0.15, 0.2) is 24.3 Å². The minimum atomic E-state index is -3.57. The van der Waals surface area contributed by atoms with E-state index in [4.69, 9.17) is 4.74 Å². The number of methoxy groups -OCH3 is 1. The second-order valence-electron chi connectivity index (χ2n) is 5.85. The van der Waals surface area contributed by atoms with Crippen LogP contribution in [0, 0.1) is 0 Å². The van der Waals surface area contributed by atoms with Crippen molar-refractivity contribution in [3.8, 4) is 0 Å². The Morgan fingerprint density at radius 1 is 1.36 bits per heavy atom. The van der Waals surface area contributed by atoms with Gasteiger partial charge in [0, 0.05) is 26.8 Å². The first kappa shape index (κ1) is 19.4. The lowest BCUT2D eigenvalue weighted by atomic mass is 9.90. The molecule has 0 saturated carbocycles. The quantitative estimate of drug-likeness (QED) is 0.630. The van der Waals surface area contributed by atoms with Crippen LogP contribution in [-0.2, 0) is 30.9 Å². The Bertz CT molecular complexity index is 734. The summed E-state index contributed by atoms with van der Waals surface area (Å²) >= 11 is 0. The second kappa shape index (κ2) is 8.41. The molecule has 1 aliphatic heterocycles. The number of aliphatic carboxylic acids is 1. The van der Waals surface area contributed by atoms with E-state index in [0.29, 0.717) is 18.6 Å². The lowest BCUT2D eigenvalue weighted by Gasteiger charge is -2.32. The summed E-state index contributed by atoms with van der Waals surface area (Å²) in [6, 6.07) is 7.07. The van der Waals surface area contributed by atoms with Gasteiger partial charge in [-0.2, -0.15) is 0 Å². The van der Waals surface area contributed by atoms with Crippen LogP contribution in [-0.4, -0.2) is 62.9 Å². The van der Waals surface area contributed by atoms with E-state index in [1.165, 1.54) is 12.0 Å². The third-order valence-electron chi connectivity index (χ3n) is 4.05. The molecule has 1 aromatic carbocycles. The molecule has 0 aromatic heterocycles. The Kier molecular flexibility index (Phi) is 6.51. The molecular weight excluding hydrogens is 348 g/mol. The Morgan fingerprint density at radius 2 is 2.08 bits per heavy atom. The number of rotatable bonds is 8. The second-order valence-corrected chi connectivity index (χ2v) is 7.78. The average molecular weight is 370 g/mol. The van der Waals surface area contributed by atoms with Crippen LogP contribution < -0.4 is 4.72 Å². The molecule has 0 radical (unpaired) electrons. The maximum atomic E-state index is 12.3. The number of sulfonamides is 1. The van der Waals surface area contributed by atoms with Crippen molar-refractivity contribution in [1.29, 1.82) is 0 Å². The molecule has 0 bridgehead atoms. The van der Waals surface area contributed by atoms with E-state index in [-0.39, 0.29) is 25.4 Å². The van der Waals surface area contributed by atoms with E-state index in [9.17, 15) is 23.1 Å². The molecule has 2 rings (SSSR count). The number of nitrogens with one attached hydrogen (secondary N) is 1. The first-order valence-electron chi connectivity index (χ1n) is 7.88. The van der Waals surface area contributed by atoms with Gasteiger partial charge in [-0.15, -0.1) is 0 Å². The number of hydrogen-bond donors (Lipinski definition) is 2. The standard InChI is InChI=1S/C16H22N2O6S/c1-24-7-4-8-25(22,23)17-9-15(19)18-10-12-5-2-3-6-13(12)14(11-18)16(20)21/h2-3,5-6,14,17H,4,7-11H2,1H3,(H,20,21). The minimum Gasteiger partial charge on any atom is -0.481 e. The summed E-state index contributed by atoms with van der Waals surface area (Å²) < 4.78 is 30.7. The molecule has 9 heteroatoms. The number of fused-ring (bicyclic) bond motifs is 1. The fourth-order valence-electron chi connectivity index (χ4n) is 2.76. The van der Waals surface area contributed by atoms with Gasteiger partial charge in [0.15, 0.2) is 0 Å². The monoisotopic (exact) mass is 370 g/mol. The molecule has 2 N–H and O–H groups in total. The molecule has 25 heavy (non-hydrogen) atoms. The van der Waals surface area contributed by atoms with Gasteiger partial charge in [0.05, 0.1) is 18.2 Å². The van der Waals surface area contributed by atoms with Crippen LogP contribution >= 0.6 is 0 Å². The van der Waals surface area contributed by atoms with Crippen molar-refractivity contribution in [2.75, 3.05) is 32.6 Å². The topological polar surface area (TPSA) is 113 Å². The zero-order valence-corrected chi connectivity index (χ0v) is 14.8. The SMILES string of the molecule is COCCCS(=O)(=O)NCC(=O)N1Cc2ccccc2C(C(=O)O)C1. The van der Waals surface area contributed by atoms with Crippen LogP contribution in [0.4, 0.5) is 0 Å². The predicted molar refractivity (Wildman–Crippen MR) is 90.5 cm³/mol. The molecule has 8 nitrogen and oxygen atoms in total. The van der Waals surface area contributed by atoms with Gasteiger partial charge in [-0.3, -0.25) is 9.59 Å². The summed E-state index contributed by atoms with van der Waals surface area (Å²) in [5.41, 5.74) is 1.46. The summed E-state index contributed by atoms with van der Waals surface area (Å²) in [5, 5.41) is 9.40. The van der Waals surface area contributed by atoms with E-state index >= 15 is 0 Å². The fraction of sp³-hybridized carbons (Fsp3) is 0.500. The summed E-state index contributed by atoms with van der Waals surface area (Å²) in [4.78, 5) is 25.2. The van der Waals surface area contributed by atoms with Gasteiger partial charge < -0.3 is 14.7 Å². The van der Waals surface area contributed by atoms with Crippen LogP contribution in [0.2, 0.25) is 0 Å². The molecular formula is C16H22N2O6S. The summed E-state index contributed by atoms with van der Waals surface area (Å²) in [7, 11) is -2.09. The molecule has 0 spiro atoms. The fourth-order valence-corrected chi connectivity index (χ4v) is 3.74. The van der Waals surface area contributed by atoms with E-state index < -0.39 is 27.8 Å². The van der Waals surface area contributed by atoms with E-state index in [2.05, 4.69) is 4.72 Å². The van der Waals surface area contributed by atoms with Gasteiger partial charge in [-0.05, 0) is 17.5 Å². The third-order valence-corrected chi connectivity index (χ3v) is 5.46. The number of benzene rings is 1. The maximum Gasteiger partial charge on any atom is 0.312 e. The zero-order valence-electron chi connectivity index (χ0n) is 14.0. The van der Waals surface area contributed by atoms with Gasteiger partial charge >= 0.3 is 5.97 Å². The summed E-state index contributed by atoms with van der Waals surface area (Å²) in [6.07, 6.45) is 0.332. The number of carbonyl (C=O) groups is 2. The van der Waals surface area contributed by atoms with Crippen molar-refractivity contribution in [3.63, 3.8) is 0 Å². The Labute approximate surface area is 146 Å². The van der Waals surface area contributed by atoms with Gasteiger partial charge in [0.25, 0.3) is 0 Å². The Balaban J connectivity index is 2.00. The molecule has 0 aliphatic carbocycles. The summed E-state index contributed by atoms with van der Waals surface area (Å²) in [5.74, 6) is -2.40. The zero-order chi connectivity index (χ0) is 18.4. The van der Waals surface area contributed by atoms with E-state index in [1.807, 2.05) is 0 Å². The lowest BCUT2D eigenvalue weighted by Crippen LogP contribution is -2.45. The molecule has 1 heterocycles. The highest BCUT2D eigenvalue weighted by molar-refractivity contribution is 7.89. The van der Waals surface area contributed by atoms with Gasteiger partial charge in [-0.25, -0.2) is 13.1 Å². The van der Waals surface area contributed by atoms with Gasteiger partial charge in [0.2, 0.25) is 15.9 Å². The number of carbonyl (C=O) groups excluding carboxylic acids is 1. The van der Waals surface area contributed by atoms with Gasteiger partial charge in [-0.1, -0.05) is 24.3 Å². The number of carboxylic acid groups (broad SMARTS) is 1. The molecule has 1 atom stereocenters. The number of amides is 1. The Hall–Kier alpha value is -1.97. The summed E-state index contributed by atoms with van der Waals surface area (Å²) in [6.45, 7) is 0.225. The number of carboxylic acids is 1. The van der Waals surface area contributed by atoms with Crippen LogP contribution in [0.3, 0.4) is 0 Å². The first-order valence-corrected chi connectivity index (χ1v) is 9.54. The molecule has 0 saturated heterocycles. The lowest BCUT2D eigenvalue weighted by molar-refractivity contribution is -0.141. The maximum absolute atomic E-state index is 12.3. The minimum absolute atomic E-state index is 0.0244. The normalized spacial score (nSPS) is 17.2. The average Bonchev–Trinajstić information content (AvgIpc) is 2.58. The predicted octanol–water partition coefficient (Wildman–Crippen LogP) is 0.153. The molecule has 138 valence electrons. The third kappa shape index (κ3) is 5.25. The number of hydrogen-bond acceptors (Lipinski definition) is 5. The van der Waals surface area contributed by atoms with Gasteiger partial charge in [0.1, 0.15) is 0 Å². The van der Waals surface area contributed by atoms with Crippen molar-refractivity contribution < 1.29 is 27.9 Å². The van der Waals surface area contributed by atoms with Crippen LogP contribution in [0.25, 0.3) is 0 Å². The number of nitrogens with zero attached hydrogens (tertiary/aromatic N) is 1. The largest absolute Gasteiger partial charge is 0.481 e. The Morgan fingerprint density at radius 3 is 2.76 bits per heavy atom. The van der Waals surface area contributed by atoms with Crippen molar-refractivity contribution in [2.24, 2.45) is 0 Å². The van der Waals surface area contributed by atoms with Crippen molar-refractivity contribution in [3.05, 3.63) is 35.4 Å². The van der Waals surface area contributed by atoms with E-state index in [0.717, 1.165) is 5.56 Å². The van der Waals surface area contributed by atoms with Crippen molar-refractivity contribution >= 4 is 21.9 Å². The molecule has 1 amide bonds. The molecule has 1 aromatic rings. The van der Waals surface area contributed by atoms with Crippen molar-refractivity contribution in [1.82, 2.24) is 9.62 Å². The highest BCUT2D eigenvalue weighted by Gasteiger charge is 2.32. The van der Waals surface area contributed by atoms with E-state index in [1.54, 1.807) is 24.3 Å².